The zero-order chi connectivity index (χ0) is 17.9. The molecule has 0 saturated heterocycles. The molecule has 1 amide bonds. The molecule has 0 fully saturated rings. The molecular formula is C19H21NO4S. The van der Waals surface area contributed by atoms with Gasteiger partial charge in [-0.25, -0.2) is 8.42 Å². The minimum atomic E-state index is -3.80. The first-order valence-corrected chi connectivity index (χ1v) is 9.81. The lowest BCUT2D eigenvalue weighted by atomic mass is 9.96. The van der Waals surface area contributed by atoms with Crippen LogP contribution in [0, 0.1) is 0 Å². The molecular weight excluding hydrogens is 338 g/mol. The zero-order valence-corrected chi connectivity index (χ0v) is 14.8. The lowest BCUT2D eigenvalue weighted by Crippen LogP contribution is -2.35. The Bertz CT molecular complexity index is 849. The fourth-order valence-electron chi connectivity index (χ4n) is 3.01. The Hall–Kier alpha value is -2.18. The van der Waals surface area contributed by atoms with Crippen molar-refractivity contribution in [2.45, 2.75) is 31.1 Å². The van der Waals surface area contributed by atoms with Crippen LogP contribution in [0.25, 0.3) is 0 Å². The SMILES string of the molecule is CC(c1ccccc1)S(=O)(=O)NC(=O)CC1OCCc2ccccc21. The fourth-order valence-corrected chi connectivity index (χ4v) is 4.10. The van der Waals surface area contributed by atoms with Gasteiger partial charge >= 0.3 is 0 Å². The number of sulfonamides is 1. The van der Waals surface area contributed by atoms with Crippen molar-refractivity contribution < 1.29 is 17.9 Å². The highest BCUT2D eigenvalue weighted by Gasteiger charge is 2.28. The number of hydrogen-bond donors (Lipinski definition) is 1. The number of fused-ring (bicyclic) bond motifs is 1. The molecule has 0 aromatic heterocycles. The van der Waals surface area contributed by atoms with Crippen molar-refractivity contribution in [3.8, 4) is 0 Å². The highest BCUT2D eigenvalue weighted by atomic mass is 32.2. The minimum Gasteiger partial charge on any atom is -0.373 e. The maximum atomic E-state index is 12.5. The summed E-state index contributed by atoms with van der Waals surface area (Å²) in [6.07, 6.45) is 0.377. The van der Waals surface area contributed by atoms with E-state index in [4.69, 9.17) is 4.74 Å². The Morgan fingerprint density at radius 3 is 2.60 bits per heavy atom. The van der Waals surface area contributed by atoms with Crippen molar-refractivity contribution in [2.75, 3.05) is 6.61 Å². The van der Waals surface area contributed by atoms with Gasteiger partial charge in [-0.15, -0.1) is 0 Å². The minimum absolute atomic E-state index is 0.0161. The smallest absolute Gasteiger partial charge is 0.241 e. The molecule has 5 nitrogen and oxygen atoms in total. The molecule has 0 bridgehead atoms. The average molecular weight is 359 g/mol. The van der Waals surface area contributed by atoms with E-state index in [9.17, 15) is 13.2 Å². The predicted molar refractivity (Wildman–Crippen MR) is 95.4 cm³/mol. The molecule has 6 heteroatoms. The highest BCUT2D eigenvalue weighted by Crippen LogP contribution is 2.29. The molecule has 1 N–H and O–H groups in total. The largest absolute Gasteiger partial charge is 0.373 e. The summed E-state index contributed by atoms with van der Waals surface area (Å²) in [5.74, 6) is -0.551. The Labute approximate surface area is 148 Å². The summed E-state index contributed by atoms with van der Waals surface area (Å²) in [6.45, 7) is 2.10. The summed E-state index contributed by atoms with van der Waals surface area (Å²) in [7, 11) is -3.80. The van der Waals surface area contributed by atoms with E-state index in [-0.39, 0.29) is 6.42 Å². The number of amides is 1. The van der Waals surface area contributed by atoms with Gasteiger partial charge in [0.15, 0.2) is 0 Å². The van der Waals surface area contributed by atoms with Crippen molar-refractivity contribution in [1.29, 1.82) is 0 Å². The van der Waals surface area contributed by atoms with Crippen LogP contribution in [-0.4, -0.2) is 20.9 Å². The van der Waals surface area contributed by atoms with E-state index < -0.39 is 27.3 Å². The summed E-state index contributed by atoms with van der Waals surface area (Å²) in [5.41, 5.74) is 2.74. The van der Waals surface area contributed by atoms with Gasteiger partial charge in [-0.1, -0.05) is 54.6 Å². The summed E-state index contributed by atoms with van der Waals surface area (Å²) < 4.78 is 32.8. The quantitative estimate of drug-likeness (QED) is 0.891. The van der Waals surface area contributed by atoms with Crippen LogP contribution in [0.2, 0.25) is 0 Å². The van der Waals surface area contributed by atoms with Crippen molar-refractivity contribution in [2.24, 2.45) is 0 Å². The monoisotopic (exact) mass is 359 g/mol. The van der Waals surface area contributed by atoms with Crippen LogP contribution in [0.1, 0.15) is 41.4 Å². The van der Waals surface area contributed by atoms with Crippen molar-refractivity contribution in [1.82, 2.24) is 4.72 Å². The molecule has 2 atom stereocenters. The Morgan fingerprint density at radius 1 is 1.16 bits per heavy atom. The first-order chi connectivity index (χ1) is 12.0. The molecule has 0 radical (unpaired) electrons. The van der Waals surface area contributed by atoms with E-state index in [1.165, 1.54) is 0 Å². The third-order valence-electron chi connectivity index (χ3n) is 4.45. The molecule has 25 heavy (non-hydrogen) atoms. The van der Waals surface area contributed by atoms with Crippen LogP contribution in [-0.2, 0) is 26.0 Å². The van der Waals surface area contributed by atoms with Crippen molar-refractivity contribution >= 4 is 15.9 Å². The summed E-state index contributed by atoms with van der Waals surface area (Å²) in [4.78, 5) is 12.3. The van der Waals surface area contributed by atoms with Gasteiger partial charge in [-0.05, 0) is 30.0 Å². The maximum Gasteiger partial charge on any atom is 0.241 e. The van der Waals surface area contributed by atoms with Gasteiger partial charge in [0.05, 0.1) is 19.1 Å². The predicted octanol–water partition coefficient (Wildman–Crippen LogP) is 2.90. The van der Waals surface area contributed by atoms with Crippen LogP contribution in [0.4, 0.5) is 0 Å². The second-order valence-electron chi connectivity index (χ2n) is 6.14. The van der Waals surface area contributed by atoms with E-state index in [1.807, 2.05) is 30.3 Å². The normalized spacial score (nSPS) is 18.2. The van der Waals surface area contributed by atoms with Crippen LogP contribution in [0.5, 0.6) is 0 Å². The van der Waals surface area contributed by atoms with Gasteiger partial charge in [-0.2, -0.15) is 0 Å². The lowest BCUT2D eigenvalue weighted by Gasteiger charge is -2.25. The van der Waals surface area contributed by atoms with Crippen molar-refractivity contribution in [3.63, 3.8) is 0 Å². The Morgan fingerprint density at radius 2 is 1.84 bits per heavy atom. The van der Waals surface area contributed by atoms with Crippen LogP contribution < -0.4 is 4.72 Å². The molecule has 2 unspecified atom stereocenters. The first kappa shape index (κ1) is 17.6. The Balaban J connectivity index is 1.69. The number of benzene rings is 2. The molecule has 0 saturated carbocycles. The molecule has 2 aromatic rings. The lowest BCUT2D eigenvalue weighted by molar-refractivity contribution is -0.122. The molecule has 0 spiro atoms. The van der Waals surface area contributed by atoms with Gasteiger partial charge in [0.2, 0.25) is 15.9 Å². The van der Waals surface area contributed by atoms with Gasteiger partial charge in [0.25, 0.3) is 0 Å². The van der Waals surface area contributed by atoms with E-state index in [0.717, 1.165) is 17.5 Å². The van der Waals surface area contributed by atoms with Gasteiger partial charge in [0.1, 0.15) is 5.25 Å². The maximum absolute atomic E-state index is 12.5. The van der Waals surface area contributed by atoms with E-state index in [2.05, 4.69) is 4.72 Å². The van der Waals surface area contributed by atoms with E-state index in [0.29, 0.717) is 12.2 Å². The van der Waals surface area contributed by atoms with E-state index in [1.54, 1.807) is 31.2 Å². The van der Waals surface area contributed by atoms with Crippen LogP contribution in [0.15, 0.2) is 54.6 Å². The first-order valence-electron chi connectivity index (χ1n) is 8.26. The standard InChI is InChI=1S/C19H21NO4S/c1-14(15-7-3-2-4-8-15)25(22,23)20-19(21)13-18-17-10-6-5-9-16(17)11-12-24-18/h2-10,14,18H,11-13H2,1H3,(H,20,21). The summed E-state index contributed by atoms with van der Waals surface area (Å²) in [6, 6.07) is 16.6. The van der Waals surface area contributed by atoms with Gasteiger partial charge in [-0.3, -0.25) is 9.52 Å². The number of ether oxygens (including phenoxy) is 1. The third-order valence-corrected chi connectivity index (χ3v) is 6.17. The number of hydrogen-bond acceptors (Lipinski definition) is 4. The third kappa shape index (κ3) is 4.08. The molecule has 2 aromatic carbocycles. The van der Waals surface area contributed by atoms with Crippen molar-refractivity contribution in [3.05, 3.63) is 71.3 Å². The molecule has 1 aliphatic heterocycles. The number of carbonyl (C=O) groups is 1. The van der Waals surface area contributed by atoms with Gasteiger partial charge < -0.3 is 4.74 Å². The Kier molecular flexibility index (Phi) is 5.20. The second kappa shape index (κ2) is 7.37. The number of carbonyl (C=O) groups excluding carboxylic acids is 1. The molecule has 1 heterocycles. The number of rotatable bonds is 5. The van der Waals surface area contributed by atoms with Crippen LogP contribution in [0.3, 0.4) is 0 Å². The topological polar surface area (TPSA) is 72.5 Å². The molecule has 3 rings (SSSR count). The van der Waals surface area contributed by atoms with Gasteiger partial charge in [0, 0.05) is 0 Å². The summed E-state index contributed by atoms with van der Waals surface area (Å²) in [5, 5.41) is -0.808. The summed E-state index contributed by atoms with van der Waals surface area (Å²) >= 11 is 0. The molecule has 1 aliphatic rings. The number of nitrogens with one attached hydrogen (secondary N) is 1. The second-order valence-corrected chi connectivity index (χ2v) is 8.14. The highest BCUT2D eigenvalue weighted by molar-refractivity contribution is 7.90. The zero-order valence-electron chi connectivity index (χ0n) is 14.0. The fraction of sp³-hybridized carbons (Fsp3) is 0.316. The molecule has 132 valence electrons. The average Bonchev–Trinajstić information content (AvgIpc) is 2.61. The van der Waals surface area contributed by atoms with Crippen LogP contribution >= 0.6 is 0 Å². The van der Waals surface area contributed by atoms with E-state index >= 15 is 0 Å². The molecule has 0 aliphatic carbocycles.